The second kappa shape index (κ2) is 6.02. The Morgan fingerprint density at radius 2 is 2.50 bits per heavy atom. The first-order chi connectivity index (χ1) is 8.66. The van der Waals surface area contributed by atoms with Crippen LogP contribution in [-0.2, 0) is 4.74 Å². The Morgan fingerprint density at radius 1 is 1.67 bits per heavy atom. The van der Waals surface area contributed by atoms with Gasteiger partial charge in [0.15, 0.2) is 0 Å². The van der Waals surface area contributed by atoms with Crippen LogP contribution in [0.1, 0.15) is 42.2 Å². The van der Waals surface area contributed by atoms with Gasteiger partial charge in [-0.2, -0.15) is 0 Å². The van der Waals surface area contributed by atoms with E-state index in [4.69, 9.17) is 14.3 Å². The standard InChI is InChI=1S/C13H19NO4/c1-9(11-4-5-12(18-11)13(15)16)17-8-10-3-2-6-14-7-10/h4-5,9-10,14H,2-3,6-8H2,1H3,(H,15,16). The maximum Gasteiger partial charge on any atom is 0.371 e. The second-order valence-electron chi connectivity index (χ2n) is 4.70. The average Bonchev–Trinajstić information content (AvgIpc) is 2.87. The number of carbonyl (C=O) groups is 1. The van der Waals surface area contributed by atoms with Crippen LogP contribution in [0, 0.1) is 5.92 Å². The molecule has 5 heteroatoms. The molecule has 0 radical (unpaired) electrons. The van der Waals surface area contributed by atoms with Crippen molar-refractivity contribution in [3.8, 4) is 0 Å². The third kappa shape index (κ3) is 3.34. The lowest BCUT2D eigenvalue weighted by atomic mass is 10.0. The lowest BCUT2D eigenvalue weighted by Crippen LogP contribution is -2.32. The van der Waals surface area contributed by atoms with Gasteiger partial charge in [-0.1, -0.05) is 0 Å². The molecule has 1 aromatic heterocycles. The Hall–Kier alpha value is -1.33. The van der Waals surface area contributed by atoms with Crippen LogP contribution in [0.25, 0.3) is 0 Å². The Morgan fingerprint density at radius 3 is 3.11 bits per heavy atom. The van der Waals surface area contributed by atoms with E-state index >= 15 is 0 Å². The van der Waals surface area contributed by atoms with Crippen LogP contribution in [0.4, 0.5) is 0 Å². The molecule has 0 aliphatic carbocycles. The van der Waals surface area contributed by atoms with Gasteiger partial charge in [0.05, 0.1) is 6.61 Å². The third-order valence-electron chi connectivity index (χ3n) is 3.22. The second-order valence-corrected chi connectivity index (χ2v) is 4.70. The van der Waals surface area contributed by atoms with Crippen molar-refractivity contribution in [3.63, 3.8) is 0 Å². The van der Waals surface area contributed by atoms with Crippen LogP contribution in [0.15, 0.2) is 16.5 Å². The van der Waals surface area contributed by atoms with E-state index < -0.39 is 5.97 Å². The highest BCUT2D eigenvalue weighted by atomic mass is 16.5. The summed E-state index contributed by atoms with van der Waals surface area (Å²) in [5.41, 5.74) is 0. The molecule has 2 heterocycles. The monoisotopic (exact) mass is 253 g/mol. The molecule has 0 bridgehead atoms. The summed E-state index contributed by atoms with van der Waals surface area (Å²) in [5, 5.41) is 12.1. The van der Waals surface area contributed by atoms with Crippen molar-refractivity contribution in [2.24, 2.45) is 5.92 Å². The first-order valence-electron chi connectivity index (χ1n) is 6.32. The molecule has 2 rings (SSSR count). The highest BCUT2D eigenvalue weighted by Crippen LogP contribution is 2.21. The van der Waals surface area contributed by atoms with Crippen molar-refractivity contribution in [3.05, 3.63) is 23.7 Å². The molecule has 0 aromatic carbocycles. The van der Waals surface area contributed by atoms with E-state index in [-0.39, 0.29) is 11.9 Å². The van der Waals surface area contributed by atoms with Gasteiger partial charge in [0.1, 0.15) is 11.9 Å². The molecular weight excluding hydrogens is 234 g/mol. The fourth-order valence-electron chi connectivity index (χ4n) is 2.12. The lowest BCUT2D eigenvalue weighted by Gasteiger charge is -2.23. The van der Waals surface area contributed by atoms with Crippen LogP contribution in [0.2, 0.25) is 0 Å². The largest absolute Gasteiger partial charge is 0.475 e. The Balaban J connectivity index is 1.82. The van der Waals surface area contributed by atoms with Crippen molar-refractivity contribution in [2.45, 2.75) is 25.9 Å². The number of ether oxygens (including phenoxy) is 1. The minimum atomic E-state index is -1.05. The molecule has 1 fully saturated rings. The molecule has 100 valence electrons. The van der Waals surface area contributed by atoms with Gasteiger partial charge in [-0.05, 0) is 44.4 Å². The molecule has 2 atom stereocenters. The molecule has 0 amide bonds. The quantitative estimate of drug-likeness (QED) is 0.840. The van der Waals surface area contributed by atoms with Crippen LogP contribution in [0.3, 0.4) is 0 Å². The summed E-state index contributed by atoms with van der Waals surface area (Å²) >= 11 is 0. The number of carboxylic acid groups (broad SMARTS) is 1. The highest BCUT2D eigenvalue weighted by molar-refractivity contribution is 5.84. The maximum absolute atomic E-state index is 10.7. The van der Waals surface area contributed by atoms with Crippen molar-refractivity contribution < 1.29 is 19.1 Å². The van der Waals surface area contributed by atoms with Gasteiger partial charge in [0, 0.05) is 6.54 Å². The molecular formula is C13H19NO4. The molecule has 1 aliphatic rings. The molecule has 2 N–H and O–H groups in total. The minimum Gasteiger partial charge on any atom is -0.475 e. The first kappa shape index (κ1) is 13.1. The molecule has 0 spiro atoms. The zero-order valence-electron chi connectivity index (χ0n) is 10.5. The molecule has 18 heavy (non-hydrogen) atoms. The fraction of sp³-hybridized carbons (Fsp3) is 0.615. The van der Waals surface area contributed by atoms with Gasteiger partial charge in [-0.3, -0.25) is 0 Å². The summed E-state index contributed by atoms with van der Waals surface area (Å²) in [6.45, 7) is 4.63. The zero-order chi connectivity index (χ0) is 13.0. The number of hydrogen-bond donors (Lipinski definition) is 2. The maximum atomic E-state index is 10.7. The van der Waals surface area contributed by atoms with Crippen molar-refractivity contribution in [1.29, 1.82) is 0 Å². The van der Waals surface area contributed by atoms with Gasteiger partial charge in [0.25, 0.3) is 0 Å². The predicted molar refractivity (Wildman–Crippen MR) is 65.6 cm³/mol. The topological polar surface area (TPSA) is 71.7 Å². The lowest BCUT2D eigenvalue weighted by molar-refractivity contribution is 0.0205. The molecule has 0 saturated carbocycles. The Labute approximate surface area is 106 Å². The van der Waals surface area contributed by atoms with E-state index in [2.05, 4.69) is 5.32 Å². The number of furan rings is 1. The number of piperidine rings is 1. The smallest absolute Gasteiger partial charge is 0.371 e. The van der Waals surface area contributed by atoms with E-state index in [1.807, 2.05) is 6.92 Å². The van der Waals surface area contributed by atoms with Crippen LogP contribution >= 0.6 is 0 Å². The zero-order valence-corrected chi connectivity index (χ0v) is 10.5. The van der Waals surface area contributed by atoms with E-state index in [1.54, 1.807) is 6.07 Å². The fourth-order valence-corrected chi connectivity index (χ4v) is 2.12. The van der Waals surface area contributed by atoms with Crippen LogP contribution < -0.4 is 5.32 Å². The number of carboxylic acids is 1. The van der Waals surface area contributed by atoms with Gasteiger partial charge in [-0.15, -0.1) is 0 Å². The number of nitrogens with one attached hydrogen (secondary N) is 1. The van der Waals surface area contributed by atoms with Gasteiger partial charge in [-0.25, -0.2) is 4.79 Å². The Bertz CT molecular complexity index is 395. The van der Waals surface area contributed by atoms with Crippen molar-refractivity contribution in [2.75, 3.05) is 19.7 Å². The van der Waals surface area contributed by atoms with E-state index in [0.717, 1.165) is 13.1 Å². The summed E-state index contributed by atoms with van der Waals surface area (Å²) in [4.78, 5) is 10.7. The summed E-state index contributed by atoms with van der Waals surface area (Å²) in [6.07, 6.45) is 2.16. The summed E-state index contributed by atoms with van der Waals surface area (Å²) in [7, 11) is 0. The first-order valence-corrected chi connectivity index (χ1v) is 6.32. The minimum absolute atomic E-state index is 0.0419. The van der Waals surface area contributed by atoms with E-state index in [0.29, 0.717) is 18.3 Å². The number of hydrogen-bond acceptors (Lipinski definition) is 4. The van der Waals surface area contributed by atoms with E-state index in [1.165, 1.54) is 18.9 Å². The molecule has 1 saturated heterocycles. The molecule has 1 aromatic rings. The van der Waals surface area contributed by atoms with Crippen LogP contribution in [0.5, 0.6) is 0 Å². The van der Waals surface area contributed by atoms with Crippen molar-refractivity contribution >= 4 is 5.97 Å². The van der Waals surface area contributed by atoms with Crippen LogP contribution in [-0.4, -0.2) is 30.8 Å². The predicted octanol–water partition coefficient (Wildman–Crippen LogP) is 2.06. The third-order valence-corrected chi connectivity index (χ3v) is 3.22. The van der Waals surface area contributed by atoms with E-state index in [9.17, 15) is 4.79 Å². The average molecular weight is 253 g/mol. The van der Waals surface area contributed by atoms with Gasteiger partial charge >= 0.3 is 5.97 Å². The highest BCUT2D eigenvalue weighted by Gasteiger charge is 2.18. The SMILES string of the molecule is CC(OCC1CCCNC1)c1ccc(C(=O)O)o1. The van der Waals surface area contributed by atoms with Gasteiger partial charge in [0.2, 0.25) is 5.76 Å². The number of aromatic carboxylic acids is 1. The number of rotatable bonds is 5. The summed E-state index contributed by atoms with van der Waals surface area (Å²) < 4.78 is 10.9. The summed E-state index contributed by atoms with van der Waals surface area (Å²) in [5.74, 6) is 0.0102. The molecule has 2 unspecified atom stereocenters. The van der Waals surface area contributed by atoms with Gasteiger partial charge < -0.3 is 19.6 Å². The summed E-state index contributed by atoms with van der Waals surface area (Å²) in [6, 6.07) is 3.12. The Kier molecular flexibility index (Phi) is 4.38. The molecule has 1 aliphatic heterocycles. The normalized spacial score (nSPS) is 21.7. The van der Waals surface area contributed by atoms with Crippen molar-refractivity contribution in [1.82, 2.24) is 5.32 Å². The molecule has 5 nitrogen and oxygen atoms in total.